The van der Waals surface area contributed by atoms with Gasteiger partial charge in [-0.25, -0.2) is 9.97 Å². The number of halogens is 3. The number of rotatable bonds is 3. The highest BCUT2D eigenvalue weighted by molar-refractivity contribution is 5.94. The first-order chi connectivity index (χ1) is 14.5. The van der Waals surface area contributed by atoms with E-state index in [1.54, 1.807) is 24.4 Å². The smallest absolute Gasteiger partial charge is 0.417 e. The van der Waals surface area contributed by atoms with Crippen LogP contribution >= 0.6 is 0 Å². The molecular weight excluding hydrogens is 403 g/mol. The van der Waals surface area contributed by atoms with E-state index in [0.29, 0.717) is 5.56 Å². The third kappa shape index (κ3) is 4.26. The summed E-state index contributed by atoms with van der Waals surface area (Å²) in [5, 5.41) is 0.896. The van der Waals surface area contributed by atoms with Gasteiger partial charge in [0.2, 0.25) is 5.88 Å². The van der Waals surface area contributed by atoms with Gasteiger partial charge in [0.05, 0.1) is 11.3 Å². The summed E-state index contributed by atoms with van der Waals surface area (Å²) < 4.78 is 48.9. The van der Waals surface area contributed by atoms with Crippen molar-refractivity contribution < 1.29 is 17.9 Å². The third-order valence-electron chi connectivity index (χ3n) is 4.80. The number of pyridine rings is 2. The minimum atomic E-state index is -4.50. The second-order valence-corrected chi connectivity index (χ2v) is 8.36. The van der Waals surface area contributed by atoms with E-state index >= 15 is 0 Å². The molecule has 31 heavy (non-hydrogen) atoms. The molecule has 0 saturated heterocycles. The zero-order valence-electron chi connectivity index (χ0n) is 17.7. The molecule has 4 aromatic rings. The highest BCUT2D eigenvalue weighted by Crippen LogP contribution is 2.39. The monoisotopic (exact) mass is 425 g/mol. The number of ether oxygens (including phenoxy) is 1. The minimum Gasteiger partial charge on any atom is -0.472 e. The molecule has 0 bridgehead atoms. The molecule has 0 saturated carbocycles. The van der Waals surface area contributed by atoms with Crippen LogP contribution in [0.3, 0.4) is 0 Å². The molecule has 1 aromatic carbocycles. The van der Waals surface area contributed by atoms with Crippen molar-refractivity contribution in [1.29, 1.82) is 0 Å². The lowest BCUT2D eigenvalue weighted by Gasteiger charge is -2.22. The van der Waals surface area contributed by atoms with Gasteiger partial charge in [-0.3, -0.25) is 0 Å². The van der Waals surface area contributed by atoms with E-state index in [-0.39, 0.29) is 17.1 Å². The Kier molecular flexibility index (Phi) is 5.00. The summed E-state index contributed by atoms with van der Waals surface area (Å²) in [6.07, 6.45) is -0.913. The molecule has 160 valence electrons. The number of benzene rings is 1. The molecule has 0 atom stereocenters. The van der Waals surface area contributed by atoms with Crippen molar-refractivity contribution in [2.75, 3.05) is 0 Å². The van der Waals surface area contributed by atoms with Gasteiger partial charge in [-0.1, -0.05) is 18.2 Å². The van der Waals surface area contributed by atoms with Crippen LogP contribution in [0.1, 0.15) is 26.3 Å². The molecule has 0 aliphatic heterocycles. The molecule has 0 aliphatic rings. The van der Waals surface area contributed by atoms with Gasteiger partial charge in [-0.2, -0.15) is 13.2 Å². The van der Waals surface area contributed by atoms with Gasteiger partial charge >= 0.3 is 6.18 Å². The average molecular weight is 425 g/mol. The maximum atomic E-state index is 13.7. The van der Waals surface area contributed by atoms with Crippen LogP contribution < -0.4 is 4.74 Å². The van der Waals surface area contributed by atoms with E-state index in [2.05, 4.69) is 9.97 Å². The van der Waals surface area contributed by atoms with Gasteiger partial charge in [0, 0.05) is 36.5 Å². The normalized spacial score (nSPS) is 12.4. The summed E-state index contributed by atoms with van der Waals surface area (Å²) in [6.45, 7) is 5.60. The molecule has 3 heterocycles. The Morgan fingerprint density at radius 2 is 1.68 bits per heavy atom. The van der Waals surface area contributed by atoms with E-state index in [1.165, 1.54) is 12.1 Å². The predicted octanol–water partition coefficient (Wildman–Crippen LogP) is 6.50. The molecule has 4 nitrogen and oxygen atoms in total. The summed E-state index contributed by atoms with van der Waals surface area (Å²) >= 11 is 0. The van der Waals surface area contributed by atoms with Crippen LogP contribution in [0, 0.1) is 0 Å². The van der Waals surface area contributed by atoms with Crippen molar-refractivity contribution in [3.05, 3.63) is 66.5 Å². The van der Waals surface area contributed by atoms with Crippen molar-refractivity contribution >= 4 is 11.0 Å². The third-order valence-corrected chi connectivity index (χ3v) is 4.80. The van der Waals surface area contributed by atoms with Gasteiger partial charge in [0.25, 0.3) is 0 Å². The number of aryl methyl sites for hydroxylation is 1. The van der Waals surface area contributed by atoms with Crippen LogP contribution in [0.25, 0.3) is 33.4 Å². The predicted molar refractivity (Wildman–Crippen MR) is 115 cm³/mol. The SMILES string of the molecule is Cn1ccc2c(-c3cc(OC(C)(C)C)nc(-c4ccccc4C(F)(F)F)c3)ccnc21. The topological polar surface area (TPSA) is 39.9 Å². The zero-order valence-corrected chi connectivity index (χ0v) is 17.7. The summed E-state index contributed by atoms with van der Waals surface area (Å²) in [5.41, 5.74) is 1.25. The van der Waals surface area contributed by atoms with Crippen molar-refractivity contribution in [2.45, 2.75) is 32.5 Å². The van der Waals surface area contributed by atoms with Gasteiger partial charge < -0.3 is 9.30 Å². The number of aromatic nitrogens is 3. The van der Waals surface area contributed by atoms with E-state index < -0.39 is 17.3 Å². The fourth-order valence-electron chi connectivity index (χ4n) is 3.53. The Bertz CT molecular complexity index is 1250. The van der Waals surface area contributed by atoms with Crippen molar-refractivity contribution in [1.82, 2.24) is 14.5 Å². The number of alkyl halides is 3. The summed E-state index contributed by atoms with van der Waals surface area (Å²) in [7, 11) is 1.89. The van der Waals surface area contributed by atoms with Crippen LogP contribution in [-0.4, -0.2) is 20.1 Å². The first kappa shape index (κ1) is 20.9. The summed E-state index contributed by atoms with van der Waals surface area (Å²) in [4.78, 5) is 8.83. The highest BCUT2D eigenvalue weighted by Gasteiger charge is 2.34. The highest BCUT2D eigenvalue weighted by atomic mass is 19.4. The minimum absolute atomic E-state index is 0.00831. The van der Waals surface area contributed by atoms with Crippen molar-refractivity contribution in [2.24, 2.45) is 7.05 Å². The number of fused-ring (bicyclic) bond motifs is 1. The fourth-order valence-corrected chi connectivity index (χ4v) is 3.53. The molecular formula is C24H22F3N3O. The van der Waals surface area contributed by atoms with Crippen LogP contribution in [0.15, 0.2) is 60.9 Å². The molecule has 3 aromatic heterocycles. The molecule has 4 rings (SSSR count). The maximum absolute atomic E-state index is 13.7. The van der Waals surface area contributed by atoms with Crippen LogP contribution in [0.4, 0.5) is 13.2 Å². The van der Waals surface area contributed by atoms with E-state index in [4.69, 9.17) is 4.74 Å². The van der Waals surface area contributed by atoms with Gasteiger partial charge in [-0.05, 0) is 56.2 Å². The Balaban J connectivity index is 1.97. The number of hydrogen-bond donors (Lipinski definition) is 0. The lowest BCUT2D eigenvalue weighted by atomic mass is 9.99. The molecule has 0 radical (unpaired) electrons. The maximum Gasteiger partial charge on any atom is 0.417 e. The van der Waals surface area contributed by atoms with Crippen LogP contribution in [-0.2, 0) is 13.2 Å². The second kappa shape index (κ2) is 7.41. The Labute approximate surface area is 178 Å². The Morgan fingerprint density at radius 1 is 0.935 bits per heavy atom. The van der Waals surface area contributed by atoms with E-state index in [9.17, 15) is 13.2 Å². The van der Waals surface area contributed by atoms with Gasteiger partial charge in [0.15, 0.2) is 0 Å². The van der Waals surface area contributed by atoms with E-state index in [0.717, 1.165) is 22.7 Å². The standard InChI is InChI=1S/C24H22F3N3O/c1-23(2,3)31-21-14-15(16-9-11-28-22-17(16)10-12-30(22)4)13-20(29-21)18-7-5-6-8-19(18)24(25,26)27/h5-14H,1-4H3. The summed E-state index contributed by atoms with van der Waals surface area (Å²) in [5.74, 6) is 0.262. The van der Waals surface area contributed by atoms with Crippen LogP contribution in [0.5, 0.6) is 5.88 Å². The first-order valence-electron chi connectivity index (χ1n) is 9.81. The van der Waals surface area contributed by atoms with Gasteiger partial charge in [0.1, 0.15) is 11.2 Å². The molecule has 0 N–H and O–H groups in total. The lowest BCUT2D eigenvalue weighted by Crippen LogP contribution is -2.23. The molecule has 0 spiro atoms. The molecule has 0 aliphatic carbocycles. The van der Waals surface area contributed by atoms with Crippen LogP contribution in [0.2, 0.25) is 0 Å². The van der Waals surface area contributed by atoms with Crippen molar-refractivity contribution in [3.63, 3.8) is 0 Å². The average Bonchev–Trinajstić information content (AvgIpc) is 3.07. The Morgan fingerprint density at radius 3 is 2.39 bits per heavy atom. The zero-order chi connectivity index (χ0) is 22.4. The first-order valence-corrected chi connectivity index (χ1v) is 9.81. The lowest BCUT2D eigenvalue weighted by molar-refractivity contribution is -0.137. The molecule has 0 unspecified atom stereocenters. The molecule has 0 amide bonds. The van der Waals surface area contributed by atoms with E-state index in [1.807, 2.05) is 50.7 Å². The summed E-state index contributed by atoms with van der Waals surface area (Å²) in [6, 6.07) is 12.7. The van der Waals surface area contributed by atoms with Gasteiger partial charge in [-0.15, -0.1) is 0 Å². The largest absolute Gasteiger partial charge is 0.472 e. The number of hydrogen-bond acceptors (Lipinski definition) is 3. The quantitative estimate of drug-likeness (QED) is 0.376. The van der Waals surface area contributed by atoms with Crippen molar-refractivity contribution in [3.8, 4) is 28.3 Å². The second-order valence-electron chi connectivity index (χ2n) is 8.36. The number of nitrogens with zero attached hydrogens (tertiary/aromatic N) is 3. The molecule has 7 heteroatoms. The Hall–Kier alpha value is -3.35. The fraction of sp³-hybridized carbons (Fsp3) is 0.250. The molecule has 0 fully saturated rings.